The van der Waals surface area contributed by atoms with Crippen LogP contribution in [0.3, 0.4) is 0 Å². The van der Waals surface area contributed by atoms with E-state index >= 15 is 0 Å². The third-order valence-electron chi connectivity index (χ3n) is 3.38. The van der Waals surface area contributed by atoms with Crippen molar-refractivity contribution in [3.05, 3.63) is 53.3 Å². The zero-order valence-electron chi connectivity index (χ0n) is 13.0. The van der Waals surface area contributed by atoms with Crippen LogP contribution >= 0.6 is 0 Å². The first kappa shape index (κ1) is 15.3. The summed E-state index contributed by atoms with van der Waals surface area (Å²) in [6.07, 6.45) is 1.91. The molecule has 1 aromatic carbocycles. The summed E-state index contributed by atoms with van der Waals surface area (Å²) >= 11 is 0. The number of hydrogen-bond donors (Lipinski definition) is 1. The van der Waals surface area contributed by atoms with Gasteiger partial charge < -0.3 is 14.8 Å². The largest absolute Gasteiger partial charge is 0.497 e. The fourth-order valence-corrected chi connectivity index (χ4v) is 2.28. The molecule has 1 unspecified atom stereocenters. The normalized spacial score (nSPS) is 12.0. The van der Waals surface area contributed by atoms with Crippen LogP contribution < -0.4 is 14.8 Å². The number of benzene rings is 1. The zero-order chi connectivity index (χ0) is 15.2. The van der Waals surface area contributed by atoms with Gasteiger partial charge in [0, 0.05) is 18.0 Å². The van der Waals surface area contributed by atoms with Crippen LogP contribution in [0.5, 0.6) is 11.5 Å². The molecule has 0 saturated carbocycles. The first-order chi connectivity index (χ1) is 10.2. The number of pyridine rings is 1. The summed E-state index contributed by atoms with van der Waals surface area (Å²) < 4.78 is 10.7. The van der Waals surface area contributed by atoms with Crippen molar-refractivity contribution in [1.29, 1.82) is 0 Å². The number of methoxy groups -OCH3 is 2. The molecule has 1 atom stereocenters. The van der Waals surface area contributed by atoms with Gasteiger partial charge in [-0.05, 0) is 42.8 Å². The van der Waals surface area contributed by atoms with E-state index in [1.807, 2.05) is 37.4 Å². The molecule has 0 fully saturated rings. The molecule has 0 aliphatic rings. The van der Waals surface area contributed by atoms with E-state index in [1.54, 1.807) is 14.2 Å². The van der Waals surface area contributed by atoms with Gasteiger partial charge in [-0.25, -0.2) is 0 Å². The van der Waals surface area contributed by atoms with Crippen molar-refractivity contribution in [3.63, 3.8) is 0 Å². The quantitative estimate of drug-likeness (QED) is 0.886. The van der Waals surface area contributed by atoms with Crippen LogP contribution in [-0.2, 0) is 0 Å². The lowest BCUT2D eigenvalue weighted by Gasteiger charge is -2.20. The highest BCUT2D eigenvalue weighted by Crippen LogP contribution is 2.29. The van der Waals surface area contributed by atoms with Gasteiger partial charge in [-0.1, -0.05) is 13.0 Å². The second-order valence-corrected chi connectivity index (χ2v) is 4.87. The van der Waals surface area contributed by atoms with Crippen molar-refractivity contribution in [2.45, 2.75) is 19.9 Å². The minimum atomic E-state index is 0.0621. The van der Waals surface area contributed by atoms with Gasteiger partial charge in [0.05, 0.1) is 20.3 Å². The van der Waals surface area contributed by atoms with Crippen molar-refractivity contribution in [2.24, 2.45) is 0 Å². The molecule has 2 aromatic rings. The molecule has 2 rings (SSSR count). The van der Waals surface area contributed by atoms with E-state index in [2.05, 4.69) is 23.3 Å². The summed E-state index contributed by atoms with van der Waals surface area (Å²) in [4.78, 5) is 4.39. The maximum absolute atomic E-state index is 5.36. The number of nitrogens with zero attached hydrogens (tertiary/aromatic N) is 1. The highest BCUT2D eigenvalue weighted by atomic mass is 16.5. The van der Waals surface area contributed by atoms with Crippen molar-refractivity contribution in [1.82, 2.24) is 10.3 Å². The standard InChI is InChI=1S/C17H22N2O2/c1-5-18-17(13-7-6-12(2)19-11-13)14-8-15(20-3)10-16(9-14)21-4/h6-11,17-18H,5H2,1-4H3. The number of nitrogens with one attached hydrogen (secondary N) is 1. The van der Waals surface area contributed by atoms with Crippen LogP contribution in [0.2, 0.25) is 0 Å². The van der Waals surface area contributed by atoms with Crippen LogP contribution in [0.15, 0.2) is 36.5 Å². The van der Waals surface area contributed by atoms with E-state index in [1.165, 1.54) is 0 Å². The maximum atomic E-state index is 5.36. The lowest BCUT2D eigenvalue weighted by molar-refractivity contribution is 0.392. The van der Waals surface area contributed by atoms with Crippen molar-refractivity contribution in [3.8, 4) is 11.5 Å². The Bertz CT molecular complexity index is 560. The minimum absolute atomic E-state index is 0.0621. The third kappa shape index (κ3) is 3.73. The molecule has 0 spiro atoms. The van der Waals surface area contributed by atoms with Gasteiger partial charge >= 0.3 is 0 Å². The Balaban J connectivity index is 2.44. The molecule has 0 bridgehead atoms. The van der Waals surface area contributed by atoms with Gasteiger partial charge in [0.25, 0.3) is 0 Å². The van der Waals surface area contributed by atoms with Crippen LogP contribution in [-0.4, -0.2) is 25.7 Å². The van der Waals surface area contributed by atoms with Crippen molar-refractivity contribution >= 4 is 0 Å². The SMILES string of the molecule is CCNC(c1ccc(C)nc1)c1cc(OC)cc(OC)c1. The fourth-order valence-electron chi connectivity index (χ4n) is 2.28. The first-order valence-corrected chi connectivity index (χ1v) is 7.06. The van der Waals surface area contributed by atoms with E-state index in [4.69, 9.17) is 9.47 Å². The molecule has 1 aromatic heterocycles. The van der Waals surface area contributed by atoms with E-state index < -0.39 is 0 Å². The third-order valence-corrected chi connectivity index (χ3v) is 3.38. The smallest absolute Gasteiger partial charge is 0.122 e. The summed E-state index contributed by atoms with van der Waals surface area (Å²) in [7, 11) is 3.32. The van der Waals surface area contributed by atoms with E-state index in [-0.39, 0.29) is 6.04 Å². The molecule has 0 radical (unpaired) electrons. The van der Waals surface area contributed by atoms with Crippen LogP contribution in [0.4, 0.5) is 0 Å². The Morgan fingerprint density at radius 1 is 1.05 bits per heavy atom. The second kappa shape index (κ2) is 7.09. The summed E-state index contributed by atoms with van der Waals surface area (Å²) in [5.41, 5.74) is 3.23. The number of hydrogen-bond acceptors (Lipinski definition) is 4. The van der Waals surface area contributed by atoms with Crippen molar-refractivity contribution < 1.29 is 9.47 Å². The summed E-state index contributed by atoms with van der Waals surface area (Å²) in [5.74, 6) is 1.57. The van der Waals surface area contributed by atoms with Gasteiger partial charge in [0.2, 0.25) is 0 Å². The van der Waals surface area contributed by atoms with E-state index in [0.717, 1.165) is 34.9 Å². The van der Waals surface area contributed by atoms with Crippen LogP contribution in [0.1, 0.15) is 29.8 Å². The van der Waals surface area contributed by atoms with E-state index in [9.17, 15) is 0 Å². The Labute approximate surface area is 126 Å². The number of aromatic nitrogens is 1. The summed E-state index contributed by atoms with van der Waals surface area (Å²) in [6, 6.07) is 10.1. The molecule has 4 nitrogen and oxygen atoms in total. The molecule has 21 heavy (non-hydrogen) atoms. The van der Waals surface area contributed by atoms with Gasteiger partial charge in [0.1, 0.15) is 11.5 Å². The average molecular weight is 286 g/mol. The monoisotopic (exact) mass is 286 g/mol. The predicted octanol–water partition coefficient (Wildman–Crippen LogP) is 3.11. The Morgan fingerprint density at radius 2 is 1.71 bits per heavy atom. The summed E-state index contributed by atoms with van der Waals surface area (Å²) in [5, 5.41) is 3.49. The Hall–Kier alpha value is -2.07. The molecule has 0 aliphatic carbocycles. The van der Waals surface area contributed by atoms with Crippen LogP contribution in [0.25, 0.3) is 0 Å². The van der Waals surface area contributed by atoms with Gasteiger partial charge in [0.15, 0.2) is 0 Å². The Morgan fingerprint density at radius 3 is 2.19 bits per heavy atom. The number of aryl methyl sites for hydroxylation is 1. The molecule has 1 heterocycles. The molecule has 0 aliphatic heterocycles. The van der Waals surface area contributed by atoms with Crippen LogP contribution in [0, 0.1) is 6.92 Å². The Kier molecular flexibility index (Phi) is 5.17. The van der Waals surface area contributed by atoms with Gasteiger partial charge in [-0.3, -0.25) is 4.98 Å². The molecule has 112 valence electrons. The highest BCUT2D eigenvalue weighted by molar-refractivity contribution is 5.42. The first-order valence-electron chi connectivity index (χ1n) is 7.06. The predicted molar refractivity (Wildman–Crippen MR) is 84.0 cm³/mol. The van der Waals surface area contributed by atoms with Gasteiger partial charge in [-0.15, -0.1) is 0 Å². The summed E-state index contributed by atoms with van der Waals surface area (Å²) in [6.45, 7) is 4.94. The number of ether oxygens (including phenoxy) is 2. The zero-order valence-corrected chi connectivity index (χ0v) is 13.0. The number of rotatable bonds is 6. The van der Waals surface area contributed by atoms with Crippen molar-refractivity contribution in [2.75, 3.05) is 20.8 Å². The molecule has 1 N–H and O–H groups in total. The second-order valence-electron chi connectivity index (χ2n) is 4.87. The minimum Gasteiger partial charge on any atom is -0.497 e. The van der Waals surface area contributed by atoms with E-state index in [0.29, 0.717) is 0 Å². The molecular weight excluding hydrogens is 264 g/mol. The highest BCUT2D eigenvalue weighted by Gasteiger charge is 2.15. The molecule has 0 amide bonds. The topological polar surface area (TPSA) is 43.4 Å². The molecule has 4 heteroatoms. The fraction of sp³-hybridized carbons (Fsp3) is 0.353. The average Bonchev–Trinajstić information content (AvgIpc) is 2.53. The van der Waals surface area contributed by atoms with Gasteiger partial charge in [-0.2, -0.15) is 0 Å². The molecular formula is C17H22N2O2. The lowest BCUT2D eigenvalue weighted by Crippen LogP contribution is -2.22. The molecule has 0 saturated heterocycles. The lowest BCUT2D eigenvalue weighted by atomic mass is 9.99. The maximum Gasteiger partial charge on any atom is 0.122 e.